The number of nitrogens with zero attached hydrogens (tertiary/aromatic N) is 3. The van der Waals surface area contributed by atoms with Gasteiger partial charge in [0, 0.05) is 28.8 Å². The monoisotopic (exact) mass is 369 g/mol. The molecule has 0 radical (unpaired) electrons. The lowest BCUT2D eigenvalue weighted by Crippen LogP contribution is -2.56. The van der Waals surface area contributed by atoms with Crippen molar-refractivity contribution in [2.75, 3.05) is 0 Å². The van der Waals surface area contributed by atoms with Crippen molar-refractivity contribution in [3.8, 4) is 28.7 Å². The summed E-state index contributed by atoms with van der Waals surface area (Å²) in [4.78, 5) is 8.86. The average molecular weight is 370 g/mol. The fraction of sp³-hybridized carbons (Fsp3) is 0.316. The van der Waals surface area contributed by atoms with E-state index in [4.69, 9.17) is 20.9 Å². The van der Waals surface area contributed by atoms with Gasteiger partial charge in [-0.1, -0.05) is 16.8 Å². The van der Waals surface area contributed by atoms with E-state index in [1.54, 1.807) is 18.3 Å². The zero-order valence-electron chi connectivity index (χ0n) is 13.9. The smallest absolute Gasteiger partial charge is 0.259 e. The van der Waals surface area contributed by atoms with Gasteiger partial charge in [-0.15, -0.1) is 0 Å². The van der Waals surface area contributed by atoms with Crippen LogP contribution in [0.4, 0.5) is 0 Å². The van der Waals surface area contributed by atoms with Crippen molar-refractivity contribution in [3.05, 3.63) is 47.1 Å². The predicted molar refractivity (Wildman–Crippen MR) is 94.9 cm³/mol. The zero-order chi connectivity index (χ0) is 17.7. The summed E-state index contributed by atoms with van der Waals surface area (Å²) in [6, 6.07) is 9.13. The van der Waals surface area contributed by atoms with Crippen LogP contribution >= 0.6 is 11.6 Å². The van der Waals surface area contributed by atoms with Crippen LogP contribution in [0.2, 0.25) is 5.02 Å². The lowest BCUT2D eigenvalue weighted by Gasteiger charge is -2.47. The van der Waals surface area contributed by atoms with E-state index in [1.165, 1.54) is 0 Å². The summed E-state index contributed by atoms with van der Waals surface area (Å²) in [6.07, 6.45) is 4.53. The van der Waals surface area contributed by atoms with Gasteiger partial charge < -0.3 is 14.4 Å². The summed E-state index contributed by atoms with van der Waals surface area (Å²) in [6.45, 7) is 0. The molecule has 0 bridgehead atoms. The maximum atomic E-state index is 10.4. The highest BCUT2D eigenvalue weighted by atomic mass is 35.5. The Morgan fingerprint density at radius 3 is 2.69 bits per heavy atom. The summed E-state index contributed by atoms with van der Waals surface area (Å²) in [5, 5.41) is 15.1. The second-order valence-electron chi connectivity index (χ2n) is 6.86. The van der Waals surface area contributed by atoms with Gasteiger partial charge in [0.25, 0.3) is 5.89 Å². The highest BCUT2D eigenvalue weighted by Crippen LogP contribution is 2.44. The number of halogens is 1. The van der Waals surface area contributed by atoms with Crippen molar-refractivity contribution in [2.45, 2.75) is 37.4 Å². The molecule has 5 rings (SSSR count). The number of rotatable bonds is 2. The standard InChI is InChI=1S/C19H16ClN3O3/c20-14-4-2-11(3-5-14)16-22-18(26-23-16)13-8-12-9-15(24)19(6-1-7-19)25-17(12)21-10-13/h2-5,8,10,15,24H,1,6-7,9H2/t15-/m0/s1. The molecule has 7 heteroatoms. The third-order valence-corrected chi connectivity index (χ3v) is 5.47. The van der Waals surface area contributed by atoms with E-state index < -0.39 is 11.7 Å². The molecule has 1 aliphatic heterocycles. The lowest BCUT2D eigenvalue weighted by atomic mass is 9.73. The Morgan fingerprint density at radius 2 is 1.96 bits per heavy atom. The second-order valence-corrected chi connectivity index (χ2v) is 7.30. The molecule has 3 heterocycles. The van der Waals surface area contributed by atoms with Crippen LogP contribution in [0.1, 0.15) is 24.8 Å². The van der Waals surface area contributed by atoms with E-state index in [2.05, 4.69) is 15.1 Å². The number of fused-ring (bicyclic) bond motifs is 1. The first-order valence-electron chi connectivity index (χ1n) is 8.59. The summed E-state index contributed by atoms with van der Waals surface area (Å²) in [5.74, 6) is 1.46. The van der Waals surface area contributed by atoms with Gasteiger partial charge in [-0.2, -0.15) is 4.98 Å². The molecule has 2 aliphatic rings. The Labute approximate surface area is 154 Å². The molecule has 0 amide bonds. The first-order valence-corrected chi connectivity index (χ1v) is 8.97. The largest absolute Gasteiger partial charge is 0.468 e. The van der Waals surface area contributed by atoms with Crippen LogP contribution in [0.25, 0.3) is 22.8 Å². The SMILES string of the molecule is O[C@H]1Cc2cc(-c3nc(-c4ccc(Cl)cc4)no3)cnc2OC12CCC2. The number of hydrogen-bond donors (Lipinski definition) is 1. The van der Waals surface area contributed by atoms with E-state index in [9.17, 15) is 5.11 Å². The van der Waals surface area contributed by atoms with Crippen molar-refractivity contribution in [3.63, 3.8) is 0 Å². The Kier molecular flexibility index (Phi) is 3.52. The van der Waals surface area contributed by atoms with Crippen LogP contribution < -0.4 is 4.74 Å². The van der Waals surface area contributed by atoms with Crippen LogP contribution in [-0.4, -0.2) is 31.9 Å². The molecule has 2 aromatic heterocycles. The Bertz CT molecular complexity index is 966. The van der Waals surface area contributed by atoms with Gasteiger partial charge in [0.1, 0.15) is 5.60 Å². The normalized spacial score (nSPS) is 20.3. The van der Waals surface area contributed by atoms with Gasteiger partial charge in [-0.25, -0.2) is 4.98 Å². The highest BCUT2D eigenvalue weighted by molar-refractivity contribution is 6.30. The molecule has 1 aliphatic carbocycles. The number of aliphatic hydroxyl groups excluding tert-OH is 1. The third-order valence-electron chi connectivity index (χ3n) is 5.22. The molecule has 1 N–H and O–H groups in total. The molecule has 1 fully saturated rings. The number of aliphatic hydroxyl groups is 1. The van der Waals surface area contributed by atoms with E-state index >= 15 is 0 Å². The van der Waals surface area contributed by atoms with Crippen LogP contribution in [0.3, 0.4) is 0 Å². The number of aromatic nitrogens is 3. The molecule has 132 valence electrons. The zero-order valence-corrected chi connectivity index (χ0v) is 14.6. The molecule has 26 heavy (non-hydrogen) atoms. The van der Waals surface area contributed by atoms with Gasteiger partial charge in [-0.3, -0.25) is 0 Å². The highest BCUT2D eigenvalue weighted by Gasteiger charge is 2.49. The fourth-order valence-electron chi connectivity index (χ4n) is 3.53. The van der Waals surface area contributed by atoms with Crippen LogP contribution in [0.15, 0.2) is 41.1 Å². The Morgan fingerprint density at radius 1 is 1.15 bits per heavy atom. The molecular formula is C19H16ClN3O3. The van der Waals surface area contributed by atoms with E-state index in [-0.39, 0.29) is 0 Å². The maximum Gasteiger partial charge on any atom is 0.259 e. The van der Waals surface area contributed by atoms with Gasteiger partial charge in [0.05, 0.1) is 11.7 Å². The van der Waals surface area contributed by atoms with Crippen molar-refractivity contribution in [1.82, 2.24) is 15.1 Å². The molecular weight excluding hydrogens is 354 g/mol. The molecule has 0 saturated heterocycles. The fourth-order valence-corrected chi connectivity index (χ4v) is 3.65. The summed E-state index contributed by atoms with van der Waals surface area (Å²) in [7, 11) is 0. The van der Waals surface area contributed by atoms with Crippen molar-refractivity contribution in [2.24, 2.45) is 0 Å². The lowest BCUT2D eigenvalue weighted by molar-refractivity contribution is -0.118. The van der Waals surface area contributed by atoms with Crippen molar-refractivity contribution < 1.29 is 14.4 Å². The molecule has 6 nitrogen and oxygen atoms in total. The van der Waals surface area contributed by atoms with Gasteiger partial charge >= 0.3 is 0 Å². The van der Waals surface area contributed by atoms with Gasteiger partial charge in [0.15, 0.2) is 0 Å². The van der Waals surface area contributed by atoms with Gasteiger partial charge in [-0.05, 0) is 49.6 Å². The van der Waals surface area contributed by atoms with Crippen LogP contribution in [0.5, 0.6) is 5.88 Å². The average Bonchev–Trinajstić information content (AvgIpc) is 3.10. The molecule has 3 aromatic rings. The molecule has 1 spiro atoms. The third kappa shape index (κ3) is 2.48. The summed E-state index contributed by atoms with van der Waals surface area (Å²) < 4.78 is 11.4. The van der Waals surface area contributed by atoms with Crippen LogP contribution in [-0.2, 0) is 6.42 Å². The first kappa shape index (κ1) is 15.8. The van der Waals surface area contributed by atoms with Gasteiger partial charge in [0.2, 0.25) is 11.7 Å². The summed E-state index contributed by atoms with van der Waals surface area (Å²) in [5.41, 5.74) is 1.95. The Balaban J connectivity index is 1.45. The number of ether oxygens (including phenoxy) is 1. The number of benzene rings is 1. The van der Waals surface area contributed by atoms with Crippen molar-refractivity contribution >= 4 is 11.6 Å². The minimum absolute atomic E-state index is 0.378. The molecule has 1 aromatic carbocycles. The van der Waals surface area contributed by atoms with Crippen molar-refractivity contribution in [1.29, 1.82) is 0 Å². The summed E-state index contributed by atoms with van der Waals surface area (Å²) >= 11 is 5.91. The molecule has 1 atom stereocenters. The quantitative estimate of drug-likeness (QED) is 0.742. The number of hydrogen-bond acceptors (Lipinski definition) is 6. The van der Waals surface area contributed by atoms with E-state index in [0.29, 0.717) is 34.6 Å². The second kappa shape index (κ2) is 5.79. The predicted octanol–water partition coefficient (Wildman–Crippen LogP) is 3.67. The van der Waals surface area contributed by atoms with E-state index in [1.807, 2.05) is 18.2 Å². The number of pyridine rings is 1. The minimum Gasteiger partial charge on any atom is -0.468 e. The Hall–Kier alpha value is -2.44. The maximum absolute atomic E-state index is 10.4. The minimum atomic E-state index is -0.506. The topological polar surface area (TPSA) is 81.3 Å². The molecule has 1 saturated carbocycles. The van der Waals surface area contributed by atoms with Crippen LogP contribution in [0, 0.1) is 0 Å². The molecule has 0 unspecified atom stereocenters. The van der Waals surface area contributed by atoms with E-state index in [0.717, 1.165) is 30.4 Å². The first-order chi connectivity index (χ1) is 12.6.